The van der Waals surface area contributed by atoms with E-state index in [1.165, 1.54) is 12.3 Å². The van der Waals surface area contributed by atoms with Gasteiger partial charge in [-0.15, -0.1) is 0 Å². The van der Waals surface area contributed by atoms with E-state index in [1.807, 2.05) is 31.2 Å². The van der Waals surface area contributed by atoms with E-state index in [0.717, 1.165) is 11.3 Å². The number of carbonyl (C=O) groups excluding carboxylic acids is 1. The first kappa shape index (κ1) is 18.5. The zero-order valence-electron chi connectivity index (χ0n) is 14.8. The summed E-state index contributed by atoms with van der Waals surface area (Å²) in [4.78, 5) is 20.7. The van der Waals surface area contributed by atoms with Crippen LogP contribution in [0.3, 0.4) is 0 Å². The third-order valence-electron chi connectivity index (χ3n) is 3.77. The highest BCUT2D eigenvalue weighted by Gasteiger charge is 2.10. The molecule has 0 aliphatic heterocycles. The number of carbonyl (C=O) groups is 1. The monoisotopic (exact) mass is 366 g/mol. The van der Waals surface area contributed by atoms with Crippen LogP contribution >= 0.6 is 0 Å². The van der Waals surface area contributed by atoms with Crippen LogP contribution in [-0.4, -0.2) is 22.5 Å². The van der Waals surface area contributed by atoms with E-state index in [2.05, 4.69) is 20.8 Å². The number of halogens is 1. The highest BCUT2D eigenvalue weighted by molar-refractivity contribution is 5.92. The van der Waals surface area contributed by atoms with E-state index in [-0.39, 0.29) is 18.1 Å². The Kier molecular flexibility index (Phi) is 6.06. The van der Waals surface area contributed by atoms with Crippen LogP contribution in [0.15, 0.2) is 60.9 Å². The predicted molar refractivity (Wildman–Crippen MR) is 99.3 cm³/mol. The first-order valence-electron chi connectivity index (χ1n) is 8.49. The summed E-state index contributed by atoms with van der Waals surface area (Å²) in [5.41, 5.74) is 7.19. The van der Waals surface area contributed by atoms with E-state index in [0.29, 0.717) is 17.9 Å². The Balaban J connectivity index is 1.64. The zero-order chi connectivity index (χ0) is 19.1. The predicted octanol–water partition coefficient (Wildman–Crippen LogP) is 3.12. The van der Waals surface area contributed by atoms with Gasteiger partial charge in [-0.25, -0.2) is 14.8 Å². The van der Waals surface area contributed by atoms with Gasteiger partial charge in [-0.2, -0.15) is 0 Å². The smallest absolute Gasteiger partial charge is 0.285 e. The molecular weight excluding hydrogens is 347 g/mol. The highest BCUT2D eigenvalue weighted by atomic mass is 19.1. The number of ether oxygens (including phenoxy) is 1. The molecule has 0 aliphatic rings. The first-order valence-corrected chi connectivity index (χ1v) is 8.49. The maximum atomic E-state index is 13.6. The minimum Gasteiger partial charge on any atom is -0.494 e. The Morgan fingerprint density at radius 1 is 1.11 bits per heavy atom. The minimum atomic E-state index is -0.452. The molecule has 0 saturated carbocycles. The zero-order valence-corrected chi connectivity index (χ0v) is 14.8. The van der Waals surface area contributed by atoms with Crippen molar-refractivity contribution in [3.8, 4) is 17.0 Å². The van der Waals surface area contributed by atoms with Gasteiger partial charge >= 0.3 is 0 Å². The number of rotatable bonds is 7. The third kappa shape index (κ3) is 4.86. The van der Waals surface area contributed by atoms with Crippen LogP contribution in [0.4, 0.5) is 4.39 Å². The average Bonchev–Trinajstić information content (AvgIpc) is 2.70. The quantitative estimate of drug-likeness (QED) is 0.629. The molecule has 0 fully saturated rings. The van der Waals surface area contributed by atoms with Gasteiger partial charge in [-0.3, -0.25) is 15.2 Å². The Bertz CT molecular complexity index is 916. The minimum absolute atomic E-state index is 0.155. The van der Waals surface area contributed by atoms with Gasteiger partial charge in [0.1, 0.15) is 17.3 Å². The summed E-state index contributed by atoms with van der Waals surface area (Å²) < 4.78 is 19.0. The summed E-state index contributed by atoms with van der Waals surface area (Å²) in [5, 5.41) is 0. The number of hydrazine groups is 1. The maximum Gasteiger partial charge on any atom is 0.285 e. The highest BCUT2D eigenvalue weighted by Crippen LogP contribution is 2.20. The van der Waals surface area contributed by atoms with Crippen molar-refractivity contribution < 1.29 is 13.9 Å². The van der Waals surface area contributed by atoms with Gasteiger partial charge in [0.2, 0.25) is 0 Å². The number of benzene rings is 2. The lowest BCUT2D eigenvalue weighted by atomic mass is 10.1. The summed E-state index contributed by atoms with van der Waals surface area (Å²) in [6.07, 6.45) is 2.96. The second-order valence-electron chi connectivity index (χ2n) is 5.65. The molecule has 1 heterocycles. The number of nitrogens with zero attached hydrogens (tertiary/aromatic N) is 2. The second kappa shape index (κ2) is 8.86. The fourth-order valence-corrected chi connectivity index (χ4v) is 2.43. The number of hydrogen-bond donors (Lipinski definition) is 2. The summed E-state index contributed by atoms with van der Waals surface area (Å²) in [5.74, 6) is -0.0244. The molecule has 2 aromatic carbocycles. The summed E-state index contributed by atoms with van der Waals surface area (Å²) in [6.45, 7) is 2.67. The molecule has 138 valence electrons. The fraction of sp³-hybridized carbons (Fsp3) is 0.150. The SMILES string of the molecule is CCOc1ccc(-c2cncc(C(=O)NNCc3ccccc3F)n2)cc1. The van der Waals surface area contributed by atoms with E-state index in [9.17, 15) is 9.18 Å². The van der Waals surface area contributed by atoms with Gasteiger partial charge in [-0.1, -0.05) is 18.2 Å². The molecule has 6 nitrogen and oxygen atoms in total. The molecule has 3 aromatic rings. The van der Waals surface area contributed by atoms with Crippen LogP contribution in [-0.2, 0) is 6.54 Å². The van der Waals surface area contributed by atoms with Crippen LogP contribution in [0.25, 0.3) is 11.3 Å². The van der Waals surface area contributed by atoms with Crippen molar-refractivity contribution in [2.45, 2.75) is 13.5 Å². The third-order valence-corrected chi connectivity index (χ3v) is 3.77. The lowest BCUT2D eigenvalue weighted by Gasteiger charge is -2.09. The Hall–Kier alpha value is -3.32. The Labute approximate surface area is 156 Å². The molecule has 27 heavy (non-hydrogen) atoms. The Morgan fingerprint density at radius 3 is 2.63 bits per heavy atom. The number of nitrogens with one attached hydrogen (secondary N) is 2. The Morgan fingerprint density at radius 2 is 1.89 bits per heavy atom. The first-order chi connectivity index (χ1) is 13.2. The lowest BCUT2D eigenvalue weighted by Crippen LogP contribution is -2.37. The largest absolute Gasteiger partial charge is 0.494 e. The molecule has 0 radical (unpaired) electrons. The van der Waals surface area contributed by atoms with Crippen molar-refractivity contribution in [2.24, 2.45) is 0 Å². The van der Waals surface area contributed by atoms with Crippen LogP contribution in [0.2, 0.25) is 0 Å². The summed E-state index contributed by atoms with van der Waals surface area (Å²) in [6, 6.07) is 13.7. The molecule has 1 amide bonds. The molecule has 0 saturated heterocycles. The van der Waals surface area contributed by atoms with Crippen LogP contribution in [0.5, 0.6) is 5.75 Å². The van der Waals surface area contributed by atoms with Crippen molar-refractivity contribution in [3.05, 3.63) is 78.0 Å². The molecule has 2 N–H and O–H groups in total. The number of aromatic nitrogens is 2. The maximum absolute atomic E-state index is 13.6. The molecule has 0 bridgehead atoms. The molecule has 0 spiro atoms. The number of amides is 1. The van der Waals surface area contributed by atoms with Gasteiger partial charge < -0.3 is 4.74 Å². The number of hydrogen-bond acceptors (Lipinski definition) is 5. The van der Waals surface area contributed by atoms with Gasteiger partial charge in [-0.05, 0) is 37.3 Å². The van der Waals surface area contributed by atoms with Gasteiger partial charge in [0.15, 0.2) is 0 Å². The van der Waals surface area contributed by atoms with Crippen LogP contribution < -0.4 is 15.6 Å². The van der Waals surface area contributed by atoms with Crippen molar-refractivity contribution in [1.82, 2.24) is 20.8 Å². The average molecular weight is 366 g/mol. The van der Waals surface area contributed by atoms with Gasteiger partial charge in [0.05, 0.1) is 24.7 Å². The van der Waals surface area contributed by atoms with E-state index < -0.39 is 5.91 Å². The van der Waals surface area contributed by atoms with E-state index >= 15 is 0 Å². The van der Waals surface area contributed by atoms with Gasteiger partial charge in [0, 0.05) is 17.7 Å². The van der Waals surface area contributed by atoms with Crippen molar-refractivity contribution in [3.63, 3.8) is 0 Å². The molecule has 0 unspecified atom stereocenters. The second-order valence-corrected chi connectivity index (χ2v) is 5.65. The lowest BCUT2D eigenvalue weighted by molar-refractivity contribution is 0.0926. The van der Waals surface area contributed by atoms with E-state index in [1.54, 1.807) is 24.4 Å². The standard InChI is InChI=1S/C20H19FN4O2/c1-2-27-16-9-7-14(8-10-16)18-12-22-13-19(24-18)20(26)25-23-11-15-5-3-4-6-17(15)21/h3-10,12-13,23H,2,11H2,1H3,(H,25,26). The molecule has 7 heteroatoms. The van der Waals surface area contributed by atoms with E-state index in [4.69, 9.17) is 4.74 Å². The van der Waals surface area contributed by atoms with Crippen LogP contribution in [0, 0.1) is 5.82 Å². The molecule has 0 aliphatic carbocycles. The molecular formula is C20H19FN4O2. The summed E-state index contributed by atoms with van der Waals surface area (Å²) >= 11 is 0. The van der Waals surface area contributed by atoms with Crippen molar-refractivity contribution in [1.29, 1.82) is 0 Å². The fourth-order valence-electron chi connectivity index (χ4n) is 2.43. The summed E-state index contributed by atoms with van der Waals surface area (Å²) in [7, 11) is 0. The van der Waals surface area contributed by atoms with Crippen molar-refractivity contribution in [2.75, 3.05) is 6.61 Å². The molecule has 0 atom stereocenters. The van der Waals surface area contributed by atoms with Gasteiger partial charge in [0.25, 0.3) is 5.91 Å². The van der Waals surface area contributed by atoms with Crippen molar-refractivity contribution >= 4 is 5.91 Å². The normalized spacial score (nSPS) is 10.4. The molecule has 1 aromatic heterocycles. The topological polar surface area (TPSA) is 76.1 Å². The van der Waals surface area contributed by atoms with Crippen LogP contribution in [0.1, 0.15) is 23.0 Å². The molecule has 3 rings (SSSR count).